The van der Waals surface area contributed by atoms with Crippen molar-refractivity contribution in [2.75, 3.05) is 13.2 Å². The van der Waals surface area contributed by atoms with E-state index in [1.54, 1.807) is 12.2 Å². The zero-order valence-corrected chi connectivity index (χ0v) is 33.5. The van der Waals surface area contributed by atoms with Crippen LogP contribution in [0.5, 0.6) is 0 Å². The van der Waals surface area contributed by atoms with Crippen LogP contribution in [0.25, 0.3) is 0 Å². The molecular formula is C45H84O4. The lowest BCUT2D eigenvalue weighted by atomic mass is 9.96. The standard InChI is InChI=1S/C45H84O4/c1-5-7-9-11-13-15-17-19-21-22-23-24-25-26-28-30-32-34-36-38-40-44(47)49-42-45(3,4)41-48-43(46)39-37-35-33-31-29-27-20-18-16-14-12-10-8-6-2/h37-40H,5-36,41-42H2,1-4H3. The van der Waals surface area contributed by atoms with Gasteiger partial charge >= 0.3 is 11.9 Å². The fraction of sp³-hybridized carbons (Fsp3) is 0.867. The van der Waals surface area contributed by atoms with E-state index in [2.05, 4.69) is 13.8 Å². The van der Waals surface area contributed by atoms with Gasteiger partial charge in [0.1, 0.15) is 0 Å². The molecule has 288 valence electrons. The number of rotatable bonds is 38. The Morgan fingerprint density at radius 3 is 0.857 bits per heavy atom. The van der Waals surface area contributed by atoms with Crippen LogP contribution in [-0.4, -0.2) is 25.2 Å². The zero-order chi connectivity index (χ0) is 35.9. The van der Waals surface area contributed by atoms with Crippen molar-refractivity contribution in [1.29, 1.82) is 0 Å². The lowest BCUT2D eigenvalue weighted by molar-refractivity contribution is -0.146. The van der Waals surface area contributed by atoms with E-state index < -0.39 is 5.41 Å². The maximum atomic E-state index is 12.2. The molecule has 0 aliphatic rings. The highest BCUT2D eigenvalue weighted by atomic mass is 16.5. The summed E-state index contributed by atoms with van der Waals surface area (Å²) in [6.07, 6.45) is 49.6. The minimum absolute atomic E-state index is 0.227. The molecule has 0 saturated heterocycles. The van der Waals surface area contributed by atoms with E-state index in [1.165, 1.54) is 180 Å². The molecule has 0 N–H and O–H groups in total. The van der Waals surface area contributed by atoms with Crippen LogP contribution in [0.1, 0.15) is 233 Å². The lowest BCUT2D eigenvalue weighted by Gasteiger charge is -2.22. The molecule has 0 unspecified atom stereocenters. The van der Waals surface area contributed by atoms with Gasteiger partial charge in [0.05, 0.1) is 13.2 Å². The van der Waals surface area contributed by atoms with Crippen molar-refractivity contribution in [2.24, 2.45) is 5.41 Å². The predicted molar refractivity (Wildman–Crippen MR) is 213 cm³/mol. The van der Waals surface area contributed by atoms with Gasteiger partial charge in [-0.2, -0.15) is 0 Å². The first-order chi connectivity index (χ1) is 23.9. The van der Waals surface area contributed by atoms with Gasteiger partial charge in [-0.05, 0) is 25.7 Å². The van der Waals surface area contributed by atoms with Crippen molar-refractivity contribution >= 4 is 11.9 Å². The molecule has 4 nitrogen and oxygen atoms in total. The molecule has 0 aromatic rings. The number of carbonyl (C=O) groups excluding carboxylic acids is 2. The summed E-state index contributed by atoms with van der Waals surface area (Å²) < 4.78 is 10.9. The maximum Gasteiger partial charge on any atom is 0.330 e. The number of ether oxygens (including phenoxy) is 2. The average molecular weight is 689 g/mol. The van der Waals surface area contributed by atoms with E-state index >= 15 is 0 Å². The van der Waals surface area contributed by atoms with E-state index in [0.717, 1.165) is 25.7 Å². The van der Waals surface area contributed by atoms with Crippen molar-refractivity contribution in [3.05, 3.63) is 24.3 Å². The number of hydrogen-bond acceptors (Lipinski definition) is 4. The quantitative estimate of drug-likeness (QED) is 0.0368. The monoisotopic (exact) mass is 689 g/mol. The molecule has 0 amide bonds. The first-order valence-corrected chi connectivity index (χ1v) is 21.6. The normalized spacial score (nSPS) is 12.0. The summed E-state index contributed by atoms with van der Waals surface area (Å²) in [5.74, 6) is -0.633. The molecule has 0 aromatic carbocycles. The molecule has 0 saturated carbocycles. The van der Waals surface area contributed by atoms with Gasteiger partial charge in [0, 0.05) is 17.6 Å². The molecule has 4 heteroatoms. The highest BCUT2D eigenvalue weighted by Crippen LogP contribution is 2.18. The lowest BCUT2D eigenvalue weighted by Crippen LogP contribution is -2.28. The van der Waals surface area contributed by atoms with Crippen molar-refractivity contribution in [2.45, 2.75) is 233 Å². The number of allylic oxidation sites excluding steroid dienone is 2. The fourth-order valence-corrected chi connectivity index (χ4v) is 6.30. The third-order valence-electron chi connectivity index (χ3n) is 9.67. The Bertz CT molecular complexity index is 768. The fourth-order valence-electron chi connectivity index (χ4n) is 6.30. The Labute approximate surface area is 306 Å². The molecule has 0 rings (SSSR count). The molecule has 0 heterocycles. The van der Waals surface area contributed by atoms with Crippen LogP contribution in [0.2, 0.25) is 0 Å². The first-order valence-electron chi connectivity index (χ1n) is 21.6. The second-order valence-electron chi connectivity index (χ2n) is 15.7. The molecule has 49 heavy (non-hydrogen) atoms. The second-order valence-corrected chi connectivity index (χ2v) is 15.7. The number of carbonyl (C=O) groups is 2. The summed E-state index contributed by atoms with van der Waals surface area (Å²) in [5.41, 5.74) is -0.421. The number of unbranched alkanes of at least 4 members (excludes halogenated alkanes) is 30. The molecule has 0 aliphatic carbocycles. The van der Waals surface area contributed by atoms with Gasteiger partial charge in [0.15, 0.2) is 0 Å². The van der Waals surface area contributed by atoms with Crippen molar-refractivity contribution < 1.29 is 19.1 Å². The van der Waals surface area contributed by atoms with E-state index in [0.29, 0.717) is 0 Å². The maximum absolute atomic E-state index is 12.2. The summed E-state index contributed by atoms with van der Waals surface area (Å²) >= 11 is 0. The van der Waals surface area contributed by atoms with E-state index in [1.807, 2.05) is 26.0 Å². The SMILES string of the molecule is CCCCCCCCCCCCCCC=CC(=O)OCC(C)(C)COC(=O)C=CCCCCCCCCCCCCCCCCCCCC. The summed E-state index contributed by atoms with van der Waals surface area (Å²) in [6.45, 7) is 8.91. The van der Waals surface area contributed by atoms with Gasteiger partial charge in [0.2, 0.25) is 0 Å². The summed E-state index contributed by atoms with van der Waals surface area (Å²) in [4.78, 5) is 24.3. The Hall–Kier alpha value is -1.58. The molecular weight excluding hydrogens is 604 g/mol. The van der Waals surface area contributed by atoms with Crippen LogP contribution in [0.3, 0.4) is 0 Å². The first kappa shape index (κ1) is 47.4. The van der Waals surface area contributed by atoms with Gasteiger partial charge < -0.3 is 9.47 Å². The molecule has 0 spiro atoms. The third kappa shape index (κ3) is 39.1. The average Bonchev–Trinajstić information content (AvgIpc) is 3.09. The Morgan fingerprint density at radius 1 is 0.388 bits per heavy atom. The molecule has 0 atom stereocenters. The predicted octanol–water partition coefficient (Wildman–Crippen LogP) is 14.7. The van der Waals surface area contributed by atoms with Crippen LogP contribution < -0.4 is 0 Å². The smallest absolute Gasteiger partial charge is 0.330 e. The Balaban J connectivity index is 3.58. The van der Waals surface area contributed by atoms with Gasteiger partial charge in [0.25, 0.3) is 0 Å². The summed E-state index contributed by atoms with van der Waals surface area (Å²) in [6, 6.07) is 0. The molecule has 0 bridgehead atoms. The number of esters is 2. The van der Waals surface area contributed by atoms with E-state index in [4.69, 9.17) is 9.47 Å². The highest BCUT2D eigenvalue weighted by Gasteiger charge is 2.22. The van der Waals surface area contributed by atoms with Gasteiger partial charge in [-0.15, -0.1) is 0 Å². The topological polar surface area (TPSA) is 52.6 Å². The van der Waals surface area contributed by atoms with E-state index in [9.17, 15) is 9.59 Å². The molecule has 0 radical (unpaired) electrons. The van der Waals surface area contributed by atoms with Crippen molar-refractivity contribution in [1.82, 2.24) is 0 Å². The summed E-state index contributed by atoms with van der Waals surface area (Å²) in [5, 5.41) is 0. The van der Waals surface area contributed by atoms with Crippen molar-refractivity contribution in [3.63, 3.8) is 0 Å². The third-order valence-corrected chi connectivity index (χ3v) is 9.67. The van der Waals surface area contributed by atoms with Gasteiger partial charge in [-0.1, -0.05) is 220 Å². The molecule has 0 aliphatic heterocycles. The van der Waals surface area contributed by atoms with Gasteiger partial charge in [-0.25, -0.2) is 9.59 Å². The minimum Gasteiger partial charge on any atom is -0.462 e. The molecule has 0 aromatic heterocycles. The van der Waals surface area contributed by atoms with Crippen LogP contribution in [-0.2, 0) is 19.1 Å². The summed E-state index contributed by atoms with van der Waals surface area (Å²) in [7, 11) is 0. The van der Waals surface area contributed by atoms with Gasteiger partial charge in [-0.3, -0.25) is 0 Å². The highest BCUT2D eigenvalue weighted by molar-refractivity contribution is 5.82. The molecule has 0 fully saturated rings. The van der Waals surface area contributed by atoms with Crippen LogP contribution in [0.4, 0.5) is 0 Å². The minimum atomic E-state index is -0.421. The Kier molecular flexibility index (Phi) is 36.5. The number of hydrogen-bond donors (Lipinski definition) is 0. The largest absolute Gasteiger partial charge is 0.462 e. The second kappa shape index (κ2) is 37.7. The van der Waals surface area contributed by atoms with Crippen LogP contribution >= 0.6 is 0 Å². The van der Waals surface area contributed by atoms with Crippen LogP contribution in [0, 0.1) is 5.41 Å². The Morgan fingerprint density at radius 2 is 0.612 bits per heavy atom. The van der Waals surface area contributed by atoms with Crippen LogP contribution in [0.15, 0.2) is 24.3 Å². The zero-order valence-electron chi connectivity index (χ0n) is 33.5. The van der Waals surface area contributed by atoms with Crippen molar-refractivity contribution in [3.8, 4) is 0 Å². The van der Waals surface area contributed by atoms with E-state index in [-0.39, 0.29) is 25.2 Å².